The van der Waals surface area contributed by atoms with Crippen molar-refractivity contribution in [1.82, 2.24) is 5.32 Å². The summed E-state index contributed by atoms with van der Waals surface area (Å²) in [4.78, 5) is 0. The molecule has 2 nitrogen and oxygen atoms in total. The number of rotatable bonds is 4. The number of aliphatic hydroxyl groups excluding tert-OH is 1. The average molecular weight is 231 g/mol. The van der Waals surface area contributed by atoms with Gasteiger partial charge in [0.2, 0.25) is 0 Å². The maximum atomic E-state index is 9.61. The molecule has 0 aromatic rings. The molecule has 0 spiro atoms. The van der Waals surface area contributed by atoms with Crippen LogP contribution in [0.3, 0.4) is 0 Å². The lowest BCUT2D eigenvalue weighted by atomic mass is 9.80. The first-order chi connectivity index (χ1) is 6.89. The van der Waals surface area contributed by atoms with Crippen LogP contribution in [-0.4, -0.2) is 35.3 Å². The van der Waals surface area contributed by atoms with Crippen molar-refractivity contribution in [2.75, 3.05) is 24.7 Å². The van der Waals surface area contributed by atoms with Crippen LogP contribution in [0.2, 0.25) is 0 Å². The molecule has 0 bridgehead atoms. The van der Waals surface area contributed by atoms with E-state index in [1.807, 2.05) is 11.8 Å². The Hall–Kier alpha value is 0.270. The molecule has 1 fully saturated rings. The second-order valence-corrected chi connectivity index (χ2v) is 7.03. The first-order valence-electron chi connectivity index (χ1n) is 5.83. The highest BCUT2D eigenvalue weighted by atomic mass is 32.2. The SMILES string of the molecule is CC(C)CNC1(CO)CSCC(C)(C)C1. The van der Waals surface area contributed by atoms with E-state index in [4.69, 9.17) is 0 Å². The van der Waals surface area contributed by atoms with Crippen molar-refractivity contribution in [2.45, 2.75) is 39.7 Å². The summed E-state index contributed by atoms with van der Waals surface area (Å²) in [5, 5.41) is 13.2. The van der Waals surface area contributed by atoms with Gasteiger partial charge >= 0.3 is 0 Å². The zero-order valence-corrected chi connectivity index (χ0v) is 11.3. The fraction of sp³-hybridized carbons (Fsp3) is 1.00. The topological polar surface area (TPSA) is 32.3 Å². The molecule has 90 valence electrons. The number of thioether (sulfide) groups is 1. The van der Waals surface area contributed by atoms with Crippen LogP contribution in [-0.2, 0) is 0 Å². The molecule has 0 aromatic carbocycles. The molecule has 1 atom stereocenters. The molecular weight excluding hydrogens is 206 g/mol. The number of nitrogens with one attached hydrogen (secondary N) is 1. The summed E-state index contributed by atoms with van der Waals surface area (Å²) >= 11 is 1.96. The second-order valence-electron chi connectivity index (χ2n) is 6.05. The van der Waals surface area contributed by atoms with E-state index in [2.05, 4.69) is 33.0 Å². The first-order valence-corrected chi connectivity index (χ1v) is 6.98. The zero-order chi connectivity index (χ0) is 11.5. The largest absolute Gasteiger partial charge is 0.394 e. The summed E-state index contributed by atoms with van der Waals surface area (Å²) in [6.45, 7) is 10.3. The minimum Gasteiger partial charge on any atom is -0.394 e. The van der Waals surface area contributed by atoms with Gasteiger partial charge in [0.1, 0.15) is 0 Å². The molecule has 15 heavy (non-hydrogen) atoms. The Morgan fingerprint density at radius 2 is 2.00 bits per heavy atom. The minimum absolute atomic E-state index is 0.0450. The predicted octanol–water partition coefficient (Wildman–Crippen LogP) is 2.13. The molecule has 1 saturated heterocycles. The van der Waals surface area contributed by atoms with Crippen molar-refractivity contribution in [2.24, 2.45) is 11.3 Å². The lowest BCUT2D eigenvalue weighted by Gasteiger charge is -2.44. The molecule has 1 aliphatic heterocycles. The zero-order valence-electron chi connectivity index (χ0n) is 10.5. The molecule has 2 N–H and O–H groups in total. The van der Waals surface area contributed by atoms with Gasteiger partial charge < -0.3 is 10.4 Å². The van der Waals surface area contributed by atoms with Gasteiger partial charge in [0, 0.05) is 5.75 Å². The van der Waals surface area contributed by atoms with Crippen LogP contribution >= 0.6 is 11.8 Å². The summed E-state index contributed by atoms with van der Waals surface area (Å²) in [6, 6.07) is 0. The Kier molecular flexibility index (Phi) is 4.50. The van der Waals surface area contributed by atoms with E-state index in [-0.39, 0.29) is 12.1 Å². The standard InChI is InChI=1S/C12H25NOS/c1-10(2)5-13-12(7-14)6-11(3,4)8-15-9-12/h10,13-14H,5-9H2,1-4H3. The van der Waals surface area contributed by atoms with E-state index in [9.17, 15) is 5.11 Å². The van der Waals surface area contributed by atoms with Crippen LogP contribution in [0.4, 0.5) is 0 Å². The highest BCUT2D eigenvalue weighted by Crippen LogP contribution is 2.38. The molecule has 0 aliphatic carbocycles. The van der Waals surface area contributed by atoms with Gasteiger partial charge in [-0.1, -0.05) is 27.7 Å². The van der Waals surface area contributed by atoms with Crippen molar-refractivity contribution in [1.29, 1.82) is 0 Å². The van der Waals surface area contributed by atoms with Crippen molar-refractivity contribution in [3.05, 3.63) is 0 Å². The summed E-state index contributed by atoms with van der Waals surface area (Å²) < 4.78 is 0. The van der Waals surface area contributed by atoms with Crippen molar-refractivity contribution >= 4 is 11.8 Å². The summed E-state index contributed by atoms with van der Waals surface area (Å²) in [5.74, 6) is 2.89. The molecular formula is C12H25NOS. The number of hydrogen-bond donors (Lipinski definition) is 2. The third-order valence-corrected chi connectivity index (χ3v) is 4.62. The number of hydrogen-bond acceptors (Lipinski definition) is 3. The molecule has 1 aliphatic rings. The van der Waals surface area contributed by atoms with Gasteiger partial charge in [0.05, 0.1) is 12.1 Å². The maximum Gasteiger partial charge on any atom is 0.0621 e. The van der Waals surface area contributed by atoms with Gasteiger partial charge in [0.15, 0.2) is 0 Å². The van der Waals surface area contributed by atoms with E-state index in [1.165, 1.54) is 5.75 Å². The highest BCUT2D eigenvalue weighted by molar-refractivity contribution is 7.99. The lowest BCUT2D eigenvalue weighted by Crippen LogP contribution is -2.56. The molecule has 3 heteroatoms. The first kappa shape index (κ1) is 13.3. The quantitative estimate of drug-likeness (QED) is 0.777. The van der Waals surface area contributed by atoms with Crippen LogP contribution in [0.5, 0.6) is 0 Å². The van der Waals surface area contributed by atoms with Crippen LogP contribution in [0.1, 0.15) is 34.1 Å². The van der Waals surface area contributed by atoms with E-state index < -0.39 is 0 Å². The monoisotopic (exact) mass is 231 g/mol. The second kappa shape index (κ2) is 5.07. The Labute approximate surface area is 98.2 Å². The molecule has 0 saturated carbocycles. The highest BCUT2D eigenvalue weighted by Gasteiger charge is 2.39. The third kappa shape index (κ3) is 3.97. The van der Waals surface area contributed by atoms with Gasteiger partial charge in [-0.15, -0.1) is 0 Å². The molecule has 1 unspecified atom stereocenters. The normalized spacial score (nSPS) is 30.8. The van der Waals surface area contributed by atoms with Crippen LogP contribution in [0.25, 0.3) is 0 Å². The fourth-order valence-electron chi connectivity index (χ4n) is 2.23. The average Bonchev–Trinajstić information content (AvgIpc) is 2.13. The molecule has 1 rings (SSSR count). The van der Waals surface area contributed by atoms with E-state index in [0.29, 0.717) is 11.3 Å². The van der Waals surface area contributed by atoms with Crippen LogP contribution in [0, 0.1) is 11.3 Å². The van der Waals surface area contributed by atoms with Gasteiger partial charge in [-0.3, -0.25) is 0 Å². The van der Waals surface area contributed by atoms with Gasteiger partial charge in [-0.25, -0.2) is 0 Å². The predicted molar refractivity (Wildman–Crippen MR) is 68.4 cm³/mol. The van der Waals surface area contributed by atoms with Gasteiger partial charge in [0.25, 0.3) is 0 Å². The molecule has 0 radical (unpaired) electrons. The van der Waals surface area contributed by atoms with Gasteiger partial charge in [-0.05, 0) is 30.1 Å². The van der Waals surface area contributed by atoms with E-state index in [1.54, 1.807) is 0 Å². The van der Waals surface area contributed by atoms with Gasteiger partial charge in [-0.2, -0.15) is 11.8 Å². The van der Waals surface area contributed by atoms with Crippen molar-refractivity contribution < 1.29 is 5.11 Å². The molecule has 0 amide bonds. The number of aliphatic hydroxyl groups is 1. The molecule has 1 heterocycles. The Morgan fingerprint density at radius 1 is 1.33 bits per heavy atom. The van der Waals surface area contributed by atoms with Crippen molar-refractivity contribution in [3.63, 3.8) is 0 Å². The van der Waals surface area contributed by atoms with Crippen molar-refractivity contribution in [3.8, 4) is 0 Å². The smallest absolute Gasteiger partial charge is 0.0621 e. The summed E-state index contributed by atoms with van der Waals surface area (Å²) in [5.41, 5.74) is 0.298. The Bertz CT molecular complexity index is 206. The maximum absolute atomic E-state index is 9.61. The van der Waals surface area contributed by atoms with Crippen LogP contribution in [0.15, 0.2) is 0 Å². The van der Waals surface area contributed by atoms with Crippen LogP contribution < -0.4 is 5.32 Å². The minimum atomic E-state index is -0.0450. The fourth-order valence-corrected chi connectivity index (χ4v) is 3.68. The lowest BCUT2D eigenvalue weighted by molar-refractivity contribution is 0.125. The summed E-state index contributed by atoms with van der Waals surface area (Å²) in [7, 11) is 0. The Morgan fingerprint density at radius 3 is 2.47 bits per heavy atom. The van der Waals surface area contributed by atoms with E-state index >= 15 is 0 Å². The molecule has 0 aromatic heterocycles. The summed E-state index contributed by atoms with van der Waals surface area (Å²) in [6.07, 6.45) is 1.08. The Balaban J connectivity index is 2.58. The third-order valence-electron chi connectivity index (χ3n) is 2.88. The van der Waals surface area contributed by atoms with E-state index in [0.717, 1.165) is 18.7 Å².